The number of benzene rings is 1. The van der Waals surface area contributed by atoms with E-state index in [1.165, 1.54) is 11.1 Å². The topological polar surface area (TPSA) is 47.7 Å². The molecule has 1 unspecified atom stereocenters. The lowest BCUT2D eigenvalue weighted by atomic mass is 9.97. The minimum absolute atomic E-state index is 0.473. The van der Waals surface area contributed by atoms with E-state index in [0.717, 1.165) is 44.0 Å². The summed E-state index contributed by atoms with van der Waals surface area (Å²) >= 11 is 0. The summed E-state index contributed by atoms with van der Waals surface area (Å²) in [4.78, 5) is 2.47. The van der Waals surface area contributed by atoms with Crippen molar-refractivity contribution in [2.75, 3.05) is 27.3 Å². The zero-order valence-corrected chi connectivity index (χ0v) is 12.1. The Bertz CT molecular complexity index is 430. The molecule has 106 valence electrons. The van der Waals surface area contributed by atoms with Gasteiger partial charge in [-0.05, 0) is 36.1 Å². The highest BCUT2D eigenvalue weighted by atomic mass is 16.5. The van der Waals surface area contributed by atoms with E-state index < -0.39 is 0 Å². The van der Waals surface area contributed by atoms with Crippen molar-refractivity contribution >= 4 is 0 Å². The SMILES string of the molecule is CCC(CN)N1CCc2cc(OC)c(OC)cc2C1. The molecule has 0 saturated carbocycles. The van der Waals surface area contributed by atoms with Gasteiger partial charge in [-0.25, -0.2) is 0 Å². The van der Waals surface area contributed by atoms with Gasteiger partial charge in [-0.3, -0.25) is 4.90 Å². The Hall–Kier alpha value is -1.26. The molecular weight excluding hydrogens is 240 g/mol. The highest BCUT2D eigenvalue weighted by Crippen LogP contribution is 2.33. The van der Waals surface area contributed by atoms with E-state index in [1.54, 1.807) is 14.2 Å². The van der Waals surface area contributed by atoms with Gasteiger partial charge in [0, 0.05) is 25.7 Å². The van der Waals surface area contributed by atoms with E-state index in [0.29, 0.717) is 6.04 Å². The van der Waals surface area contributed by atoms with Crippen LogP contribution in [0, 0.1) is 0 Å². The number of methoxy groups -OCH3 is 2. The number of rotatable bonds is 5. The Morgan fingerprint density at radius 2 is 1.84 bits per heavy atom. The van der Waals surface area contributed by atoms with Crippen LogP contribution in [0.3, 0.4) is 0 Å². The number of nitrogens with two attached hydrogens (primary N) is 1. The van der Waals surface area contributed by atoms with Crippen LogP contribution in [0.15, 0.2) is 12.1 Å². The molecule has 4 nitrogen and oxygen atoms in total. The van der Waals surface area contributed by atoms with Crippen LogP contribution in [0.4, 0.5) is 0 Å². The lowest BCUT2D eigenvalue weighted by Gasteiger charge is -2.35. The number of hydrogen-bond acceptors (Lipinski definition) is 4. The standard InChI is InChI=1S/C15H24N2O2/c1-4-13(9-16)17-6-5-11-7-14(18-2)15(19-3)8-12(11)10-17/h7-8,13H,4-6,9-10,16H2,1-3H3. The fourth-order valence-corrected chi connectivity index (χ4v) is 2.79. The van der Waals surface area contributed by atoms with Crippen molar-refractivity contribution in [3.63, 3.8) is 0 Å². The van der Waals surface area contributed by atoms with Crippen molar-refractivity contribution in [3.8, 4) is 11.5 Å². The molecule has 0 aliphatic carbocycles. The third kappa shape index (κ3) is 2.85. The summed E-state index contributed by atoms with van der Waals surface area (Å²) in [7, 11) is 3.36. The van der Waals surface area contributed by atoms with E-state index in [9.17, 15) is 0 Å². The second-order valence-electron chi connectivity index (χ2n) is 4.99. The second-order valence-corrected chi connectivity index (χ2v) is 4.99. The Labute approximate surface area is 115 Å². The minimum Gasteiger partial charge on any atom is -0.493 e. The maximum Gasteiger partial charge on any atom is 0.161 e. The minimum atomic E-state index is 0.473. The van der Waals surface area contributed by atoms with Crippen LogP contribution in [0.1, 0.15) is 24.5 Å². The third-order valence-electron chi connectivity index (χ3n) is 4.01. The van der Waals surface area contributed by atoms with Crippen molar-refractivity contribution in [2.24, 2.45) is 5.73 Å². The summed E-state index contributed by atoms with van der Waals surface area (Å²) < 4.78 is 10.7. The third-order valence-corrected chi connectivity index (χ3v) is 4.01. The van der Waals surface area contributed by atoms with Gasteiger partial charge in [0.25, 0.3) is 0 Å². The fourth-order valence-electron chi connectivity index (χ4n) is 2.79. The van der Waals surface area contributed by atoms with Crippen molar-refractivity contribution in [1.29, 1.82) is 0 Å². The first-order valence-electron chi connectivity index (χ1n) is 6.91. The molecule has 1 atom stereocenters. The molecule has 19 heavy (non-hydrogen) atoms. The molecule has 1 heterocycles. The molecular formula is C15H24N2O2. The smallest absolute Gasteiger partial charge is 0.161 e. The molecule has 0 aromatic heterocycles. The maximum atomic E-state index is 5.85. The Morgan fingerprint density at radius 1 is 1.21 bits per heavy atom. The maximum absolute atomic E-state index is 5.85. The lowest BCUT2D eigenvalue weighted by molar-refractivity contribution is 0.177. The number of nitrogens with zero attached hydrogens (tertiary/aromatic N) is 1. The predicted octanol–water partition coefficient (Wildman–Crippen LogP) is 1.80. The lowest BCUT2D eigenvalue weighted by Crippen LogP contribution is -2.43. The quantitative estimate of drug-likeness (QED) is 0.881. The van der Waals surface area contributed by atoms with Crippen LogP contribution in [0.25, 0.3) is 0 Å². The summed E-state index contributed by atoms with van der Waals surface area (Å²) in [5.74, 6) is 1.63. The van der Waals surface area contributed by atoms with Crippen molar-refractivity contribution in [3.05, 3.63) is 23.3 Å². The molecule has 0 spiro atoms. The van der Waals surface area contributed by atoms with Crippen molar-refractivity contribution in [1.82, 2.24) is 4.90 Å². The molecule has 1 aliphatic rings. The van der Waals surface area contributed by atoms with Gasteiger partial charge in [-0.2, -0.15) is 0 Å². The number of fused-ring (bicyclic) bond motifs is 1. The molecule has 2 rings (SSSR count). The van der Waals surface area contributed by atoms with Gasteiger partial charge in [0.2, 0.25) is 0 Å². The van der Waals surface area contributed by atoms with Crippen LogP contribution in [0.5, 0.6) is 11.5 Å². The predicted molar refractivity (Wildman–Crippen MR) is 76.8 cm³/mol. The average Bonchev–Trinajstić information content (AvgIpc) is 2.46. The molecule has 1 aliphatic heterocycles. The Balaban J connectivity index is 2.24. The zero-order chi connectivity index (χ0) is 13.8. The first-order valence-corrected chi connectivity index (χ1v) is 6.91. The van der Waals surface area contributed by atoms with E-state index in [4.69, 9.17) is 15.2 Å². The summed E-state index contributed by atoms with van der Waals surface area (Å²) in [5.41, 5.74) is 8.54. The summed E-state index contributed by atoms with van der Waals surface area (Å²) in [6.07, 6.45) is 2.14. The monoisotopic (exact) mass is 264 g/mol. The molecule has 0 saturated heterocycles. The summed E-state index contributed by atoms with van der Waals surface area (Å²) in [5, 5.41) is 0. The Kier molecular flexibility index (Phi) is 4.66. The van der Waals surface area contributed by atoms with Crippen LogP contribution in [-0.4, -0.2) is 38.3 Å². The molecule has 0 radical (unpaired) electrons. The number of hydrogen-bond donors (Lipinski definition) is 1. The first kappa shape index (κ1) is 14.2. The molecule has 0 fully saturated rings. The van der Waals surface area contributed by atoms with E-state index in [-0.39, 0.29) is 0 Å². The summed E-state index contributed by atoms with van der Waals surface area (Å²) in [6.45, 7) is 4.93. The molecule has 2 N–H and O–H groups in total. The van der Waals surface area contributed by atoms with Crippen LogP contribution < -0.4 is 15.2 Å². The molecule has 1 aromatic rings. The average molecular weight is 264 g/mol. The second kappa shape index (κ2) is 6.26. The van der Waals surface area contributed by atoms with Gasteiger partial charge < -0.3 is 15.2 Å². The van der Waals surface area contributed by atoms with E-state index >= 15 is 0 Å². The van der Waals surface area contributed by atoms with Crippen LogP contribution in [0.2, 0.25) is 0 Å². The fraction of sp³-hybridized carbons (Fsp3) is 0.600. The molecule has 1 aromatic carbocycles. The highest BCUT2D eigenvalue weighted by Gasteiger charge is 2.23. The van der Waals surface area contributed by atoms with Crippen molar-refractivity contribution in [2.45, 2.75) is 32.4 Å². The molecule has 4 heteroatoms. The van der Waals surface area contributed by atoms with Gasteiger partial charge in [0.1, 0.15) is 0 Å². The van der Waals surface area contributed by atoms with Gasteiger partial charge in [0.15, 0.2) is 11.5 Å². The first-order chi connectivity index (χ1) is 9.23. The van der Waals surface area contributed by atoms with Gasteiger partial charge in [-0.15, -0.1) is 0 Å². The Morgan fingerprint density at radius 3 is 2.37 bits per heavy atom. The van der Waals surface area contributed by atoms with E-state index in [2.05, 4.69) is 24.0 Å². The van der Waals surface area contributed by atoms with Crippen molar-refractivity contribution < 1.29 is 9.47 Å². The number of ether oxygens (including phenoxy) is 2. The summed E-state index contributed by atoms with van der Waals surface area (Å²) in [6, 6.07) is 4.68. The van der Waals surface area contributed by atoms with Crippen LogP contribution >= 0.6 is 0 Å². The highest BCUT2D eigenvalue weighted by molar-refractivity contribution is 5.48. The van der Waals surface area contributed by atoms with Gasteiger partial charge >= 0.3 is 0 Å². The van der Waals surface area contributed by atoms with E-state index in [1.807, 2.05) is 0 Å². The largest absolute Gasteiger partial charge is 0.493 e. The van der Waals surface area contributed by atoms with Gasteiger partial charge in [-0.1, -0.05) is 6.92 Å². The molecule has 0 bridgehead atoms. The van der Waals surface area contributed by atoms with Crippen LogP contribution in [-0.2, 0) is 13.0 Å². The van der Waals surface area contributed by atoms with Gasteiger partial charge in [0.05, 0.1) is 14.2 Å². The normalized spacial score (nSPS) is 16.8. The molecule has 0 amide bonds. The zero-order valence-electron chi connectivity index (χ0n) is 12.1.